The van der Waals surface area contributed by atoms with Crippen molar-refractivity contribution in [2.75, 3.05) is 7.05 Å². The first kappa shape index (κ1) is 14.7. The molecule has 2 aromatic rings. The van der Waals surface area contributed by atoms with Crippen molar-refractivity contribution in [2.45, 2.75) is 19.6 Å². The topological polar surface area (TPSA) is 29.3 Å². The van der Waals surface area contributed by atoms with Crippen molar-refractivity contribution in [3.63, 3.8) is 0 Å². The Kier molecular flexibility index (Phi) is 5.10. The Morgan fingerprint density at radius 3 is 2.68 bits per heavy atom. The van der Waals surface area contributed by atoms with Gasteiger partial charge in [-0.15, -0.1) is 11.3 Å². The zero-order chi connectivity index (χ0) is 13.8. The molecule has 0 bridgehead atoms. The maximum atomic E-state index is 13.1. The smallest absolute Gasteiger partial charge is 0.123 e. The van der Waals surface area contributed by atoms with Gasteiger partial charge in [0.1, 0.15) is 5.82 Å². The number of nitrogens with zero attached hydrogens (tertiary/aromatic N) is 1. The molecule has 0 amide bonds. The molecular formula is C14H16BrFN2S. The van der Waals surface area contributed by atoms with Gasteiger partial charge < -0.3 is 5.73 Å². The van der Waals surface area contributed by atoms with Crippen LogP contribution in [0.15, 0.2) is 34.1 Å². The maximum Gasteiger partial charge on any atom is 0.123 e. The molecule has 19 heavy (non-hydrogen) atoms. The molecule has 0 saturated carbocycles. The molecule has 2 nitrogen and oxygen atoms in total. The molecule has 2 N–H and O–H groups in total. The second kappa shape index (κ2) is 6.61. The molecule has 1 heterocycles. The highest BCUT2D eigenvalue weighted by atomic mass is 79.9. The van der Waals surface area contributed by atoms with Crippen LogP contribution >= 0.6 is 27.3 Å². The summed E-state index contributed by atoms with van der Waals surface area (Å²) < 4.78 is 14.3. The first-order valence-corrected chi connectivity index (χ1v) is 7.64. The summed E-state index contributed by atoms with van der Waals surface area (Å²) in [7, 11) is 2.05. The van der Waals surface area contributed by atoms with Crippen molar-refractivity contribution in [3.8, 4) is 0 Å². The molecule has 0 fully saturated rings. The summed E-state index contributed by atoms with van der Waals surface area (Å²) in [6, 6.07) is 6.95. The van der Waals surface area contributed by atoms with Crippen LogP contribution in [0.4, 0.5) is 4.39 Å². The molecule has 0 unspecified atom stereocenters. The van der Waals surface area contributed by atoms with E-state index in [1.54, 1.807) is 11.3 Å². The predicted octanol–water partition coefficient (Wildman–Crippen LogP) is 3.74. The van der Waals surface area contributed by atoms with Crippen molar-refractivity contribution in [3.05, 3.63) is 55.9 Å². The van der Waals surface area contributed by atoms with E-state index in [9.17, 15) is 4.39 Å². The summed E-state index contributed by atoms with van der Waals surface area (Å²) in [4.78, 5) is 3.50. The lowest BCUT2D eigenvalue weighted by atomic mass is 10.1. The number of thiophene rings is 1. The number of hydrogen-bond donors (Lipinski definition) is 1. The molecule has 0 spiro atoms. The predicted molar refractivity (Wildman–Crippen MR) is 81.5 cm³/mol. The molecule has 1 aromatic heterocycles. The van der Waals surface area contributed by atoms with Crippen LogP contribution in [0.1, 0.15) is 16.0 Å². The highest BCUT2D eigenvalue weighted by Gasteiger charge is 2.08. The summed E-state index contributed by atoms with van der Waals surface area (Å²) in [5.41, 5.74) is 7.62. The van der Waals surface area contributed by atoms with E-state index < -0.39 is 0 Å². The highest BCUT2D eigenvalue weighted by molar-refractivity contribution is 9.10. The third-order valence-corrected chi connectivity index (χ3v) is 4.56. The Bertz CT molecular complexity index is 556. The Morgan fingerprint density at radius 1 is 1.26 bits per heavy atom. The number of halogens is 2. The van der Waals surface area contributed by atoms with Gasteiger partial charge in [0, 0.05) is 34.4 Å². The summed E-state index contributed by atoms with van der Waals surface area (Å²) in [6.07, 6.45) is 0. The Labute approximate surface area is 125 Å². The summed E-state index contributed by atoms with van der Waals surface area (Å²) in [5.74, 6) is -0.228. The van der Waals surface area contributed by atoms with Gasteiger partial charge in [-0.25, -0.2) is 4.39 Å². The molecule has 2 rings (SSSR count). The van der Waals surface area contributed by atoms with E-state index in [0.717, 1.165) is 28.7 Å². The number of hydrogen-bond acceptors (Lipinski definition) is 3. The minimum atomic E-state index is -0.228. The van der Waals surface area contributed by atoms with Crippen LogP contribution in [0.3, 0.4) is 0 Å². The van der Waals surface area contributed by atoms with E-state index in [1.807, 2.05) is 6.07 Å². The van der Waals surface area contributed by atoms with E-state index in [1.165, 1.54) is 17.0 Å². The Balaban J connectivity index is 2.04. The van der Waals surface area contributed by atoms with Gasteiger partial charge in [0.05, 0.1) is 0 Å². The fourth-order valence-electron chi connectivity index (χ4n) is 1.99. The fourth-order valence-corrected chi connectivity index (χ4v) is 3.52. The molecule has 0 aliphatic carbocycles. The Hall–Kier alpha value is -0.750. The van der Waals surface area contributed by atoms with E-state index >= 15 is 0 Å². The highest BCUT2D eigenvalue weighted by Crippen LogP contribution is 2.22. The summed E-state index contributed by atoms with van der Waals surface area (Å²) in [6.45, 7) is 2.01. The molecule has 1 aromatic carbocycles. The van der Waals surface area contributed by atoms with Crippen LogP contribution in [0.2, 0.25) is 0 Å². The van der Waals surface area contributed by atoms with Crippen molar-refractivity contribution in [1.29, 1.82) is 0 Å². The first-order chi connectivity index (χ1) is 9.08. The second-order valence-corrected chi connectivity index (χ2v) is 6.43. The lowest BCUT2D eigenvalue weighted by molar-refractivity contribution is 0.320. The van der Waals surface area contributed by atoms with Crippen molar-refractivity contribution < 1.29 is 4.39 Å². The average Bonchev–Trinajstić information content (AvgIpc) is 2.76. The SMILES string of the molecule is CN(Cc1cc(Br)cs1)Cc1ccc(F)cc1CN. The normalized spacial score (nSPS) is 11.2. The van der Waals surface area contributed by atoms with Gasteiger partial charge in [0.15, 0.2) is 0 Å². The third-order valence-electron chi connectivity index (χ3n) is 2.88. The molecular weight excluding hydrogens is 327 g/mol. The molecule has 0 radical (unpaired) electrons. The van der Waals surface area contributed by atoms with Crippen LogP contribution in [0.5, 0.6) is 0 Å². The van der Waals surface area contributed by atoms with Crippen molar-refractivity contribution >= 4 is 27.3 Å². The lowest BCUT2D eigenvalue weighted by Gasteiger charge is -2.17. The monoisotopic (exact) mass is 342 g/mol. The minimum Gasteiger partial charge on any atom is -0.326 e. The van der Waals surface area contributed by atoms with Gasteiger partial charge in [-0.3, -0.25) is 4.90 Å². The Morgan fingerprint density at radius 2 is 2.05 bits per heavy atom. The minimum absolute atomic E-state index is 0.228. The molecule has 0 aliphatic heterocycles. The average molecular weight is 343 g/mol. The van der Waals surface area contributed by atoms with Crippen LogP contribution in [-0.4, -0.2) is 11.9 Å². The molecule has 102 valence electrons. The van der Waals surface area contributed by atoms with Gasteiger partial charge in [0.25, 0.3) is 0 Å². The van der Waals surface area contributed by atoms with Gasteiger partial charge >= 0.3 is 0 Å². The van der Waals surface area contributed by atoms with Gasteiger partial charge in [0.2, 0.25) is 0 Å². The standard InChI is InChI=1S/C14H16BrFN2S/c1-18(8-14-5-12(15)9-19-14)7-10-2-3-13(16)4-11(10)6-17/h2-5,9H,6-8,17H2,1H3. The second-order valence-electron chi connectivity index (χ2n) is 4.52. The molecule has 0 atom stereocenters. The summed E-state index contributed by atoms with van der Waals surface area (Å²) in [5, 5.41) is 2.08. The van der Waals surface area contributed by atoms with E-state index in [4.69, 9.17) is 5.73 Å². The number of nitrogens with two attached hydrogens (primary N) is 1. The zero-order valence-corrected chi connectivity index (χ0v) is 13.1. The summed E-state index contributed by atoms with van der Waals surface area (Å²) >= 11 is 5.18. The van der Waals surface area contributed by atoms with E-state index in [-0.39, 0.29) is 5.82 Å². The third kappa shape index (κ3) is 4.11. The van der Waals surface area contributed by atoms with Crippen LogP contribution in [0, 0.1) is 5.82 Å². The van der Waals surface area contributed by atoms with Crippen LogP contribution in [-0.2, 0) is 19.6 Å². The van der Waals surface area contributed by atoms with Crippen LogP contribution in [0.25, 0.3) is 0 Å². The molecule has 0 aliphatic rings. The fraction of sp³-hybridized carbons (Fsp3) is 0.286. The van der Waals surface area contributed by atoms with Crippen molar-refractivity contribution in [1.82, 2.24) is 4.90 Å². The van der Waals surface area contributed by atoms with Gasteiger partial charge in [-0.2, -0.15) is 0 Å². The maximum absolute atomic E-state index is 13.1. The van der Waals surface area contributed by atoms with Crippen molar-refractivity contribution in [2.24, 2.45) is 5.73 Å². The largest absolute Gasteiger partial charge is 0.326 e. The quantitative estimate of drug-likeness (QED) is 0.896. The van der Waals surface area contributed by atoms with Gasteiger partial charge in [-0.05, 0) is 52.3 Å². The number of benzene rings is 1. The lowest BCUT2D eigenvalue weighted by Crippen LogP contribution is -2.18. The first-order valence-electron chi connectivity index (χ1n) is 5.97. The molecule has 5 heteroatoms. The van der Waals surface area contributed by atoms with Gasteiger partial charge in [-0.1, -0.05) is 6.07 Å². The zero-order valence-electron chi connectivity index (χ0n) is 10.7. The van der Waals surface area contributed by atoms with Crippen LogP contribution < -0.4 is 5.73 Å². The van der Waals surface area contributed by atoms with E-state index in [2.05, 4.69) is 39.3 Å². The number of rotatable bonds is 5. The van der Waals surface area contributed by atoms with E-state index in [0.29, 0.717) is 6.54 Å². The molecule has 0 saturated heterocycles.